The van der Waals surface area contributed by atoms with E-state index in [1.165, 1.54) is 25.9 Å². The van der Waals surface area contributed by atoms with Crippen molar-refractivity contribution >= 4 is 5.78 Å². The Morgan fingerprint density at radius 3 is 2.69 bits per heavy atom. The minimum Gasteiger partial charge on any atom is -0.303 e. The van der Waals surface area contributed by atoms with Gasteiger partial charge >= 0.3 is 0 Å². The SMILES string of the molecule is CC(C)/C=C1\CCC(CN2CCCC2)C1=O. The topological polar surface area (TPSA) is 20.3 Å². The van der Waals surface area contributed by atoms with Gasteiger partial charge in [0.2, 0.25) is 0 Å². The number of hydrogen-bond donors (Lipinski definition) is 0. The van der Waals surface area contributed by atoms with Gasteiger partial charge in [0.1, 0.15) is 0 Å². The van der Waals surface area contributed by atoms with Gasteiger partial charge < -0.3 is 4.90 Å². The average molecular weight is 221 g/mol. The van der Waals surface area contributed by atoms with Crippen molar-refractivity contribution in [1.29, 1.82) is 0 Å². The first-order valence-electron chi connectivity index (χ1n) is 6.64. The van der Waals surface area contributed by atoms with Gasteiger partial charge in [-0.3, -0.25) is 4.79 Å². The van der Waals surface area contributed by atoms with Gasteiger partial charge in [0.25, 0.3) is 0 Å². The van der Waals surface area contributed by atoms with E-state index in [1.54, 1.807) is 0 Å². The number of rotatable bonds is 3. The summed E-state index contributed by atoms with van der Waals surface area (Å²) >= 11 is 0. The highest BCUT2D eigenvalue weighted by molar-refractivity contribution is 5.99. The predicted molar refractivity (Wildman–Crippen MR) is 66.3 cm³/mol. The Hall–Kier alpha value is -0.630. The molecule has 2 nitrogen and oxygen atoms in total. The second kappa shape index (κ2) is 5.13. The maximum absolute atomic E-state index is 12.1. The Morgan fingerprint density at radius 1 is 1.38 bits per heavy atom. The summed E-state index contributed by atoms with van der Waals surface area (Å²) < 4.78 is 0. The minimum absolute atomic E-state index is 0.295. The Balaban J connectivity index is 1.91. The highest BCUT2D eigenvalue weighted by Crippen LogP contribution is 2.29. The maximum atomic E-state index is 12.1. The molecule has 2 heteroatoms. The van der Waals surface area contributed by atoms with E-state index >= 15 is 0 Å². The minimum atomic E-state index is 0.295. The van der Waals surface area contributed by atoms with E-state index in [2.05, 4.69) is 24.8 Å². The zero-order valence-corrected chi connectivity index (χ0v) is 10.5. The fourth-order valence-electron chi connectivity index (χ4n) is 2.87. The molecule has 1 aliphatic carbocycles. The molecule has 0 radical (unpaired) electrons. The van der Waals surface area contributed by atoms with Gasteiger partial charge in [0, 0.05) is 12.5 Å². The number of hydrogen-bond acceptors (Lipinski definition) is 2. The van der Waals surface area contributed by atoms with Crippen molar-refractivity contribution in [3.8, 4) is 0 Å². The Kier molecular flexibility index (Phi) is 3.80. The summed E-state index contributed by atoms with van der Waals surface area (Å²) in [6, 6.07) is 0. The van der Waals surface area contributed by atoms with Crippen LogP contribution in [0.3, 0.4) is 0 Å². The van der Waals surface area contributed by atoms with Gasteiger partial charge in [-0.05, 0) is 50.3 Å². The number of carbonyl (C=O) groups is 1. The first kappa shape index (κ1) is 11.8. The summed E-state index contributed by atoms with van der Waals surface area (Å²) in [4.78, 5) is 14.6. The van der Waals surface area contributed by atoms with E-state index < -0.39 is 0 Å². The molecule has 90 valence electrons. The number of carbonyl (C=O) groups excluding carboxylic acids is 1. The van der Waals surface area contributed by atoms with Gasteiger partial charge in [-0.2, -0.15) is 0 Å². The van der Waals surface area contributed by atoms with E-state index in [4.69, 9.17) is 0 Å². The lowest BCUT2D eigenvalue weighted by molar-refractivity contribution is -0.118. The molecule has 1 unspecified atom stereocenters. The monoisotopic (exact) mass is 221 g/mol. The lowest BCUT2D eigenvalue weighted by Gasteiger charge is -2.18. The fraction of sp³-hybridized carbons (Fsp3) is 0.786. The quantitative estimate of drug-likeness (QED) is 0.683. The van der Waals surface area contributed by atoms with Crippen molar-refractivity contribution in [2.24, 2.45) is 11.8 Å². The second-order valence-corrected chi connectivity index (χ2v) is 5.54. The number of Topliss-reactive ketones (excluding diaryl/α,β-unsaturated/α-hetero) is 1. The van der Waals surface area contributed by atoms with Crippen molar-refractivity contribution in [3.63, 3.8) is 0 Å². The lowest BCUT2D eigenvalue weighted by Crippen LogP contribution is -2.28. The molecule has 0 spiro atoms. The number of ketones is 1. The molecule has 1 heterocycles. The van der Waals surface area contributed by atoms with Gasteiger partial charge in [-0.25, -0.2) is 0 Å². The third-order valence-electron chi connectivity index (χ3n) is 3.66. The Morgan fingerprint density at radius 2 is 2.06 bits per heavy atom. The fourth-order valence-corrected chi connectivity index (χ4v) is 2.87. The Labute approximate surface area is 98.7 Å². The van der Waals surface area contributed by atoms with E-state index in [0.29, 0.717) is 17.6 Å². The van der Waals surface area contributed by atoms with Gasteiger partial charge in [0.05, 0.1) is 0 Å². The first-order valence-corrected chi connectivity index (χ1v) is 6.64. The van der Waals surface area contributed by atoms with Crippen LogP contribution >= 0.6 is 0 Å². The number of likely N-dealkylation sites (tertiary alicyclic amines) is 1. The second-order valence-electron chi connectivity index (χ2n) is 5.54. The van der Waals surface area contributed by atoms with E-state index in [0.717, 1.165) is 25.0 Å². The summed E-state index contributed by atoms with van der Waals surface area (Å²) in [6.07, 6.45) is 6.88. The van der Waals surface area contributed by atoms with Crippen LogP contribution in [0.25, 0.3) is 0 Å². The molecule has 0 amide bonds. The zero-order chi connectivity index (χ0) is 11.5. The molecular weight excluding hydrogens is 198 g/mol. The Bertz CT molecular complexity index is 287. The third-order valence-corrected chi connectivity index (χ3v) is 3.66. The summed E-state index contributed by atoms with van der Waals surface area (Å²) in [5, 5.41) is 0. The third kappa shape index (κ3) is 2.73. The number of allylic oxidation sites excluding steroid dienone is 2. The van der Waals surface area contributed by atoms with Crippen molar-refractivity contribution in [2.45, 2.75) is 39.5 Å². The first-order chi connectivity index (χ1) is 7.66. The lowest BCUT2D eigenvalue weighted by atomic mass is 10.0. The smallest absolute Gasteiger partial charge is 0.162 e. The molecule has 2 fully saturated rings. The largest absolute Gasteiger partial charge is 0.303 e. The van der Waals surface area contributed by atoms with Crippen LogP contribution in [-0.2, 0) is 4.79 Å². The van der Waals surface area contributed by atoms with Crippen LogP contribution in [0.5, 0.6) is 0 Å². The molecule has 16 heavy (non-hydrogen) atoms. The normalized spacial score (nSPS) is 29.8. The molecule has 2 rings (SSSR count). The molecule has 2 aliphatic rings. The van der Waals surface area contributed by atoms with E-state index in [-0.39, 0.29) is 0 Å². The van der Waals surface area contributed by atoms with Crippen LogP contribution in [0, 0.1) is 11.8 Å². The zero-order valence-electron chi connectivity index (χ0n) is 10.5. The molecule has 0 aromatic rings. The highest BCUT2D eigenvalue weighted by Gasteiger charge is 2.31. The van der Waals surface area contributed by atoms with Crippen LogP contribution in [0.1, 0.15) is 39.5 Å². The molecule has 0 aromatic carbocycles. The van der Waals surface area contributed by atoms with Crippen LogP contribution in [0.15, 0.2) is 11.6 Å². The maximum Gasteiger partial charge on any atom is 0.162 e. The van der Waals surface area contributed by atoms with Crippen molar-refractivity contribution in [3.05, 3.63) is 11.6 Å². The molecular formula is C14H23NO. The molecule has 0 N–H and O–H groups in total. The van der Waals surface area contributed by atoms with E-state index in [9.17, 15) is 4.79 Å². The molecule has 1 saturated heterocycles. The van der Waals surface area contributed by atoms with Gasteiger partial charge in [-0.1, -0.05) is 19.9 Å². The molecule has 1 aliphatic heterocycles. The standard InChI is InChI=1S/C14H23NO/c1-11(2)9-12-5-6-13(14(12)16)10-15-7-3-4-8-15/h9,11,13H,3-8,10H2,1-2H3/b12-9+. The van der Waals surface area contributed by atoms with Crippen molar-refractivity contribution in [1.82, 2.24) is 4.90 Å². The average Bonchev–Trinajstić information content (AvgIpc) is 2.82. The van der Waals surface area contributed by atoms with Crippen molar-refractivity contribution in [2.75, 3.05) is 19.6 Å². The van der Waals surface area contributed by atoms with Crippen LogP contribution in [0.2, 0.25) is 0 Å². The molecule has 0 aromatic heterocycles. The summed E-state index contributed by atoms with van der Waals surface area (Å²) in [6.45, 7) is 7.70. The highest BCUT2D eigenvalue weighted by atomic mass is 16.1. The van der Waals surface area contributed by atoms with E-state index in [1.807, 2.05) is 0 Å². The summed E-state index contributed by atoms with van der Waals surface area (Å²) in [7, 11) is 0. The van der Waals surface area contributed by atoms with Gasteiger partial charge in [0.15, 0.2) is 5.78 Å². The van der Waals surface area contributed by atoms with Crippen molar-refractivity contribution < 1.29 is 4.79 Å². The molecule has 0 bridgehead atoms. The van der Waals surface area contributed by atoms with Crippen LogP contribution in [0.4, 0.5) is 0 Å². The van der Waals surface area contributed by atoms with Crippen LogP contribution < -0.4 is 0 Å². The summed E-state index contributed by atoms with van der Waals surface area (Å²) in [5.74, 6) is 1.23. The van der Waals surface area contributed by atoms with Gasteiger partial charge in [-0.15, -0.1) is 0 Å². The summed E-state index contributed by atoms with van der Waals surface area (Å²) in [5.41, 5.74) is 1.10. The molecule has 1 saturated carbocycles. The molecule has 1 atom stereocenters. The van der Waals surface area contributed by atoms with Crippen LogP contribution in [-0.4, -0.2) is 30.3 Å². The predicted octanol–water partition coefficient (Wildman–Crippen LogP) is 2.64. The number of nitrogens with zero attached hydrogens (tertiary/aromatic N) is 1.